The van der Waals surface area contributed by atoms with Crippen LogP contribution in [0.5, 0.6) is 5.75 Å². The summed E-state index contributed by atoms with van der Waals surface area (Å²) >= 11 is 2.95. The molecule has 2 unspecified atom stereocenters. The molecule has 2 aromatic carbocycles. The smallest absolute Gasteiger partial charge is 0.341 e. The van der Waals surface area contributed by atoms with Crippen molar-refractivity contribution < 1.29 is 36.2 Å². The van der Waals surface area contributed by atoms with Crippen LogP contribution in [0.2, 0.25) is 0 Å². The molecule has 11 heteroatoms. The van der Waals surface area contributed by atoms with Crippen LogP contribution >= 0.6 is 15.9 Å². The van der Waals surface area contributed by atoms with Crippen molar-refractivity contribution in [3.05, 3.63) is 51.7 Å². The second-order valence-corrected chi connectivity index (χ2v) is 8.97. The molecule has 4 rings (SSSR count). The van der Waals surface area contributed by atoms with Gasteiger partial charge >= 0.3 is 5.97 Å². The second-order valence-electron chi connectivity index (χ2n) is 6.46. The van der Waals surface area contributed by atoms with Crippen molar-refractivity contribution >= 4 is 37.6 Å². The van der Waals surface area contributed by atoms with Crippen LogP contribution in [-0.4, -0.2) is 32.0 Å². The summed E-state index contributed by atoms with van der Waals surface area (Å²) in [5, 5.41) is 9.55. The normalized spacial score (nSPS) is 21.9. The van der Waals surface area contributed by atoms with E-state index in [9.17, 15) is 31.5 Å². The van der Waals surface area contributed by atoms with E-state index >= 15 is 0 Å². The largest absolute Gasteiger partial charge is 0.492 e. The van der Waals surface area contributed by atoms with E-state index in [2.05, 4.69) is 20.7 Å². The van der Waals surface area contributed by atoms with Crippen molar-refractivity contribution in [2.75, 3.05) is 11.3 Å². The van der Waals surface area contributed by atoms with Crippen molar-refractivity contribution in [2.24, 2.45) is 5.92 Å². The zero-order valence-electron chi connectivity index (χ0n) is 13.7. The highest BCUT2D eigenvalue weighted by atomic mass is 79.9. The highest BCUT2D eigenvalue weighted by molar-refractivity contribution is 9.10. The first-order valence-electron chi connectivity index (χ1n) is 7.92. The minimum Gasteiger partial charge on any atom is -0.492 e. The number of aromatic carboxylic acids is 1. The Morgan fingerprint density at radius 1 is 1.29 bits per heavy atom. The molecule has 2 N–H and O–H groups in total. The number of carbonyl (C=O) groups is 1. The number of ether oxygens (including phenoxy) is 1. The van der Waals surface area contributed by atoms with E-state index in [4.69, 9.17) is 4.74 Å². The number of halogens is 4. The fourth-order valence-corrected chi connectivity index (χ4v) is 5.51. The van der Waals surface area contributed by atoms with E-state index in [1.807, 2.05) is 0 Å². The van der Waals surface area contributed by atoms with Crippen LogP contribution in [-0.2, 0) is 10.0 Å². The summed E-state index contributed by atoms with van der Waals surface area (Å²) in [5.41, 5.74) is -0.866. The summed E-state index contributed by atoms with van der Waals surface area (Å²) in [6.45, 7) is -0.356. The van der Waals surface area contributed by atoms with Gasteiger partial charge < -0.3 is 9.84 Å². The first-order valence-corrected chi connectivity index (χ1v) is 10.2. The quantitative estimate of drug-likeness (QED) is 0.697. The molecule has 6 nitrogen and oxygen atoms in total. The Balaban J connectivity index is 1.78. The molecular weight excluding hydrogens is 467 g/mol. The van der Waals surface area contributed by atoms with Crippen molar-refractivity contribution in [1.29, 1.82) is 0 Å². The summed E-state index contributed by atoms with van der Waals surface area (Å²) in [6.07, 6.45) is 0. The molecule has 0 radical (unpaired) electrons. The molecule has 1 heterocycles. The van der Waals surface area contributed by atoms with Gasteiger partial charge in [-0.3, -0.25) is 4.72 Å². The number of carboxylic acid groups (broad SMARTS) is 1. The van der Waals surface area contributed by atoms with E-state index in [0.29, 0.717) is 0 Å². The summed E-state index contributed by atoms with van der Waals surface area (Å²) in [6, 6.07) is 5.22. The van der Waals surface area contributed by atoms with Gasteiger partial charge in [-0.1, -0.05) is 6.07 Å². The third kappa shape index (κ3) is 2.84. The summed E-state index contributed by atoms with van der Waals surface area (Å²) in [5.74, 6) is -7.62. The average Bonchev–Trinajstić information content (AvgIpc) is 3.15. The third-order valence-electron chi connectivity index (χ3n) is 4.77. The monoisotopic (exact) mass is 477 g/mol. The van der Waals surface area contributed by atoms with Crippen molar-refractivity contribution in [2.45, 2.75) is 16.7 Å². The van der Waals surface area contributed by atoms with E-state index < -0.39 is 45.1 Å². The number of alkyl halides is 2. The van der Waals surface area contributed by atoms with E-state index in [1.165, 1.54) is 6.07 Å². The van der Waals surface area contributed by atoms with Crippen LogP contribution in [0.4, 0.5) is 18.9 Å². The molecule has 1 aliphatic carbocycles. The Morgan fingerprint density at radius 2 is 2.00 bits per heavy atom. The number of benzene rings is 2. The molecule has 0 aromatic heterocycles. The van der Waals surface area contributed by atoms with Gasteiger partial charge in [0.15, 0.2) is 0 Å². The SMILES string of the molecule is O=C(O)c1c(NS(=O)(=O)c2ccc(F)cc2Br)ccc2c1OCC1C2C1(F)F. The zero-order valence-corrected chi connectivity index (χ0v) is 16.2. The third-order valence-corrected chi connectivity index (χ3v) is 7.12. The van der Waals surface area contributed by atoms with Gasteiger partial charge in [0, 0.05) is 10.0 Å². The number of hydrogen-bond donors (Lipinski definition) is 2. The van der Waals surface area contributed by atoms with Gasteiger partial charge in [0.05, 0.1) is 24.1 Å². The first kappa shape index (κ1) is 19.1. The lowest BCUT2D eigenvalue weighted by Gasteiger charge is -2.20. The van der Waals surface area contributed by atoms with Gasteiger partial charge in [-0.05, 0) is 40.2 Å². The summed E-state index contributed by atoms with van der Waals surface area (Å²) < 4.78 is 73.4. The molecule has 1 fully saturated rings. The number of sulfonamides is 1. The number of anilines is 1. The Bertz CT molecular complexity index is 1120. The molecule has 1 saturated carbocycles. The van der Waals surface area contributed by atoms with Crippen LogP contribution in [0.25, 0.3) is 0 Å². The summed E-state index contributed by atoms with van der Waals surface area (Å²) in [4.78, 5) is 11.4. The van der Waals surface area contributed by atoms with Crippen LogP contribution < -0.4 is 9.46 Å². The molecule has 2 aliphatic rings. The molecule has 2 atom stereocenters. The lowest BCUT2D eigenvalue weighted by molar-refractivity contribution is 0.0691. The highest BCUT2D eigenvalue weighted by Crippen LogP contribution is 2.65. The van der Waals surface area contributed by atoms with Crippen LogP contribution in [0.15, 0.2) is 39.7 Å². The van der Waals surface area contributed by atoms with E-state index in [-0.39, 0.29) is 33.0 Å². The number of fused-ring (bicyclic) bond motifs is 3. The highest BCUT2D eigenvalue weighted by Gasteiger charge is 2.71. The maximum Gasteiger partial charge on any atom is 0.341 e. The van der Waals surface area contributed by atoms with Gasteiger partial charge in [0.25, 0.3) is 15.9 Å². The molecule has 1 aliphatic heterocycles. The predicted octanol–water partition coefficient (Wildman–Crippen LogP) is 3.83. The van der Waals surface area contributed by atoms with Gasteiger partial charge in [0.1, 0.15) is 22.0 Å². The number of rotatable bonds is 4. The number of hydrogen-bond acceptors (Lipinski definition) is 4. The molecule has 28 heavy (non-hydrogen) atoms. The number of nitrogens with one attached hydrogen (secondary N) is 1. The summed E-state index contributed by atoms with van der Waals surface area (Å²) in [7, 11) is -4.30. The Morgan fingerprint density at radius 3 is 2.64 bits per heavy atom. The fraction of sp³-hybridized carbons (Fsp3) is 0.235. The molecule has 0 bridgehead atoms. The topological polar surface area (TPSA) is 92.7 Å². The maximum absolute atomic E-state index is 13.8. The molecule has 0 spiro atoms. The average molecular weight is 478 g/mol. The maximum atomic E-state index is 13.8. The second kappa shape index (κ2) is 6.11. The van der Waals surface area contributed by atoms with E-state index in [0.717, 1.165) is 24.3 Å². The molecule has 2 aromatic rings. The minimum atomic E-state index is -4.30. The Labute approximate surface area is 165 Å². The number of carboxylic acids is 1. The van der Waals surface area contributed by atoms with Crippen molar-refractivity contribution in [1.82, 2.24) is 0 Å². The molecule has 0 amide bonds. The molecule has 148 valence electrons. The first-order chi connectivity index (χ1) is 13.0. The fourth-order valence-electron chi connectivity index (χ4n) is 3.38. The van der Waals surface area contributed by atoms with Gasteiger partial charge in [0.2, 0.25) is 0 Å². The standard InChI is InChI=1S/C17H11BrF3NO5S/c18-10-5-7(19)1-4-12(10)28(25,26)22-11-3-2-8-14-9(17(14,20)21)6-27-15(8)13(11)16(23)24/h1-5,9,14,22H,6H2,(H,23,24). The van der Waals surface area contributed by atoms with E-state index in [1.54, 1.807) is 0 Å². The predicted molar refractivity (Wildman–Crippen MR) is 95.0 cm³/mol. The zero-order chi connectivity index (χ0) is 20.4. The van der Waals surface area contributed by atoms with Crippen molar-refractivity contribution in [3.8, 4) is 5.75 Å². The lowest BCUT2D eigenvalue weighted by Crippen LogP contribution is -2.19. The Hall–Kier alpha value is -2.27. The molecular formula is C17H11BrF3NO5S. The van der Waals surface area contributed by atoms with Crippen LogP contribution in [0, 0.1) is 11.7 Å². The van der Waals surface area contributed by atoms with Gasteiger partial charge in [-0.15, -0.1) is 0 Å². The van der Waals surface area contributed by atoms with Gasteiger partial charge in [-0.25, -0.2) is 26.4 Å². The lowest BCUT2D eigenvalue weighted by atomic mass is 10.0. The van der Waals surface area contributed by atoms with Crippen LogP contribution in [0.1, 0.15) is 21.8 Å². The minimum absolute atomic E-state index is 0.0320. The van der Waals surface area contributed by atoms with Gasteiger partial charge in [-0.2, -0.15) is 0 Å². The van der Waals surface area contributed by atoms with Crippen molar-refractivity contribution in [3.63, 3.8) is 0 Å². The molecule has 0 saturated heterocycles. The van der Waals surface area contributed by atoms with Crippen LogP contribution in [0.3, 0.4) is 0 Å². The Kier molecular flexibility index (Phi) is 4.16.